The molecule has 1 saturated heterocycles. The first-order chi connectivity index (χ1) is 8.63. The first kappa shape index (κ1) is 11.2. The minimum atomic E-state index is -0.835. The van der Waals surface area contributed by atoms with Gasteiger partial charge in [0.05, 0.1) is 6.61 Å². The van der Waals surface area contributed by atoms with Crippen LogP contribution >= 0.6 is 0 Å². The van der Waals surface area contributed by atoms with Crippen LogP contribution < -0.4 is 0 Å². The molecule has 2 heterocycles. The van der Waals surface area contributed by atoms with Crippen molar-refractivity contribution in [1.29, 1.82) is 0 Å². The Morgan fingerprint density at radius 2 is 2.22 bits per heavy atom. The zero-order chi connectivity index (χ0) is 12.8. The Morgan fingerprint density at radius 1 is 1.44 bits per heavy atom. The Hall–Kier alpha value is -1.89. The standard InChI is InChI=1S/C11H10F2N4O/c1-7(17-15-6-14-16-17)11(5-18-11)9-3-2-8(12)4-10(9)13/h2-4,6-7H,5H2,1H3/t7-,11-/m1/s1. The third-order valence-corrected chi connectivity index (χ3v) is 3.23. The molecule has 7 heteroatoms. The number of benzene rings is 1. The zero-order valence-electron chi connectivity index (χ0n) is 9.55. The molecular formula is C11H10F2N4O. The SMILES string of the molecule is C[C@@H](n1ncnn1)[C@@]1(c2ccc(F)cc2F)CO1. The molecule has 94 valence electrons. The fraction of sp³-hybridized carbons (Fsp3) is 0.364. The number of tetrazole rings is 1. The molecule has 3 rings (SSSR count). The summed E-state index contributed by atoms with van der Waals surface area (Å²) in [6.45, 7) is 2.15. The molecule has 1 aromatic heterocycles. The monoisotopic (exact) mass is 252 g/mol. The Labute approximate surface area is 101 Å². The summed E-state index contributed by atoms with van der Waals surface area (Å²) < 4.78 is 32.1. The molecule has 1 aliphatic heterocycles. The van der Waals surface area contributed by atoms with Gasteiger partial charge in [-0.05, 0) is 18.2 Å². The Kier molecular flexibility index (Phi) is 2.37. The molecule has 0 N–H and O–H groups in total. The molecule has 2 aromatic rings. The van der Waals surface area contributed by atoms with Gasteiger partial charge in [-0.2, -0.15) is 4.80 Å². The summed E-state index contributed by atoms with van der Waals surface area (Å²) in [5, 5.41) is 11.3. The molecule has 0 spiro atoms. The highest BCUT2D eigenvalue weighted by atomic mass is 19.1. The average Bonchev–Trinajstić information content (AvgIpc) is 2.95. The van der Waals surface area contributed by atoms with Crippen LogP contribution in [0, 0.1) is 11.6 Å². The minimum absolute atomic E-state index is 0.314. The van der Waals surface area contributed by atoms with Crippen molar-refractivity contribution >= 4 is 0 Å². The highest BCUT2D eigenvalue weighted by Crippen LogP contribution is 2.48. The van der Waals surface area contributed by atoms with Crippen LogP contribution in [0.2, 0.25) is 0 Å². The fourth-order valence-corrected chi connectivity index (χ4v) is 2.07. The zero-order valence-corrected chi connectivity index (χ0v) is 9.55. The Balaban J connectivity index is 2.00. The molecule has 5 nitrogen and oxygen atoms in total. The summed E-state index contributed by atoms with van der Waals surface area (Å²) >= 11 is 0. The number of ether oxygens (including phenoxy) is 1. The number of hydrogen-bond donors (Lipinski definition) is 0. The normalized spacial score (nSPS) is 23.9. The third kappa shape index (κ3) is 1.59. The first-order valence-corrected chi connectivity index (χ1v) is 5.45. The maximum absolute atomic E-state index is 13.8. The van der Waals surface area contributed by atoms with Crippen molar-refractivity contribution in [3.05, 3.63) is 41.7 Å². The Morgan fingerprint density at radius 3 is 2.78 bits per heavy atom. The molecule has 1 aliphatic rings. The highest BCUT2D eigenvalue weighted by Gasteiger charge is 2.54. The van der Waals surface area contributed by atoms with Crippen LogP contribution in [0.1, 0.15) is 18.5 Å². The molecule has 0 unspecified atom stereocenters. The maximum Gasteiger partial charge on any atom is 0.162 e. The molecule has 0 aliphatic carbocycles. The molecule has 0 radical (unpaired) electrons. The van der Waals surface area contributed by atoms with Gasteiger partial charge in [-0.25, -0.2) is 8.78 Å². The van der Waals surface area contributed by atoms with Crippen molar-refractivity contribution < 1.29 is 13.5 Å². The van der Waals surface area contributed by atoms with E-state index in [-0.39, 0.29) is 6.04 Å². The van der Waals surface area contributed by atoms with E-state index in [1.807, 2.05) is 0 Å². The van der Waals surface area contributed by atoms with Gasteiger partial charge in [0.15, 0.2) is 6.33 Å². The van der Waals surface area contributed by atoms with Crippen molar-refractivity contribution in [3.8, 4) is 0 Å². The summed E-state index contributed by atoms with van der Waals surface area (Å²) in [4.78, 5) is 1.36. The van der Waals surface area contributed by atoms with E-state index in [0.29, 0.717) is 12.2 Å². The van der Waals surface area contributed by atoms with Crippen molar-refractivity contribution in [1.82, 2.24) is 20.2 Å². The average molecular weight is 252 g/mol. The van der Waals surface area contributed by atoms with Crippen LogP contribution in [0.3, 0.4) is 0 Å². The fourth-order valence-electron chi connectivity index (χ4n) is 2.07. The number of epoxide rings is 1. The van der Waals surface area contributed by atoms with Crippen LogP contribution in [0.4, 0.5) is 8.78 Å². The van der Waals surface area contributed by atoms with Crippen molar-refractivity contribution in [2.75, 3.05) is 6.61 Å². The van der Waals surface area contributed by atoms with E-state index in [1.54, 1.807) is 6.92 Å². The largest absolute Gasteiger partial charge is 0.362 e. The molecule has 0 bridgehead atoms. The minimum Gasteiger partial charge on any atom is -0.362 e. The highest BCUT2D eigenvalue weighted by molar-refractivity contribution is 5.30. The van der Waals surface area contributed by atoms with Crippen LogP contribution in [-0.2, 0) is 10.3 Å². The van der Waals surface area contributed by atoms with E-state index >= 15 is 0 Å². The first-order valence-electron chi connectivity index (χ1n) is 5.45. The third-order valence-electron chi connectivity index (χ3n) is 3.23. The van der Waals surface area contributed by atoms with Gasteiger partial charge in [-0.1, -0.05) is 6.07 Å². The molecule has 1 aromatic carbocycles. The number of aromatic nitrogens is 4. The molecule has 1 fully saturated rings. The van der Waals surface area contributed by atoms with Gasteiger partial charge in [0, 0.05) is 11.6 Å². The Bertz CT molecular complexity index is 568. The summed E-state index contributed by atoms with van der Waals surface area (Å²) in [6.07, 6.45) is 1.30. The van der Waals surface area contributed by atoms with Crippen LogP contribution in [0.15, 0.2) is 24.5 Å². The van der Waals surface area contributed by atoms with Gasteiger partial charge >= 0.3 is 0 Å². The number of halogens is 2. The van der Waals surface area contributed by atoms with Crippen LogP contribution in [-0.4, -0.2) is 26.8 Å². The summed E-state index contributed by atoms with van der Waals surface area (Å²) in [5.41, 5.74) is -0.521. The van der Waals surface area contributed by atoms with E-state index in [4.69, 9.17) is 4.74 Å². The quantitative estimate of drug-likeness (QED) is 0.775. The smallest absolute Gasteiger partial charge is 0.162 e. The van der Waals surface area contributed by atoms with Gasteiger partial charge in [0.1, 0.15) is 23.3 Å². The van der Waals surface area contributed by atoms with Crippen molar-refractivity contribution in [2.24, 2.45) is 0 Å². The lowest BCUT2D eigenvalue weighted by molar-refractivity contribution is 0.200. The van der Waals surface area contributed by atoms with Gasteiger partial charge in [-0.15, -0.1) is 10.2 Å². The predicted octanol–water partition coefficient (Wildman–Crippen LogP) is 1.44. The molecule has 2 atom stereocenters. The number of hydrogen-bond acceptors (Lipinski definition) is 4. The topological polar surface area (TPSA) is 56.1 Å². The molecule has 0 amide bonds. The lowest BCUT2D eigenvalue weighted by Gasteiger charge is -2.19. The van der Waals surface area contributed by atoms with Crippen molar-refractivity contribution in [2.45, 2.75) is 18.6 Å². The summed E-state index contributed by atoms with van der Waals surface area (Å²) in [7, 11) is 0. The molecule has 0 saturated carbocycles. The van der Waals surface area contributed by atoms with Gasteiger partial charge in [0.25, 0.3) is 0 Å². The van der Waals surface area contributed by atoms with Crippen molar-refractivity contribution in [3.63, 3.8) is 0 Å². The van der Waals surface area contributed by atoms with Gasteiger partial charge in [-0.3, -0.25) is 0 Å². The number of rotatable bonds is 3. The predicted molar refractivity (Wildman–Crippen MR) is 56.5 cm³/mol. The van der Waals surface area contributed by atoms with E-state index in [0.717, 1.165) is 6.07 Å². The summed E-state index contributed by atoms with van der Waals surface area (Å²) in [6, 6.07) is 3.13. The summed E-state index contributed by atoms with van der Waals surface area (Å²) in [5.74, 6) is -1.24. The second kappa shape index (κ2) is 3.81. The lowest BCUT2D eigenvalue weighted by atomic mass is 9.93. The molecule has 18 heavy (non-hydrogen) atoms. The second-order valence-electron chi connectivity index (χ2n) is 4.23. The van der Waals surface area contributed by atoms with Crippen LogP contribution in [0.25, 0.3) is 0 Å². The van der Waals surface area contributed by atoms with E-state index in [9.17, 15) is 8.78 Å². The van der Waals surface area contributed by atoms with E-state index < -0.39 is 17.2 Å². The van der Waals surface area contributed by atoms with Gasteiger partial charge < -0.3 is 4.74 Å². The maximum atomic E-state index is 13.8. The van der Waals surface area contributed by atoms with Gasteiger partial charge in [0.2, 0.25) is 0 Å². The van der Waals surface area contributed by atoms with E-state index in [2.05, 4.69) is 15.4 Å². The molecular weight excluding hydrogens is 242 g/mol. The number of nitrogens with zero attached hydrogens (tertiary/aromatic N) is 4. The lowest BCUT2D eigenvalue weighted by Crippen LogP contribution is -2.26. The van der Waals surface area contributed by atoms with E-state index in [1.165, 1.54) is 23.3 Å². The van der Waals surface area contributed by atoms with Crippen LogP contribution in [0.5, 0.6) is 0 Å². The second-order valence-corrected chi connectivity index (χ2v) is 4.23.